The summed E-state index contributed by atoms with van der Waals surface area (Å²) in [5, 5.41) is 11.4. The Kier molecular flexibility index (Phi) is 6.43. The van der Waals surface area contributed by atoms with Gasteiger partial charge in [0, 0.05) is 0 Å². The molecule has 5 rings (SSSR count). The molecule has 11 heteroatoms. The third-order valence-electron chi connectivity index (χ3n) is 6.50. The van der Waals surface area contributed by atoms with E-state index in [1.54, 1.807) is 29.2 Å². The Hall–Kier alpha value is -3.12. The van der Waals surface area contributed by atoms with E-state index in [9.17, 15) is 26.7 Å². The zero-order valence-corrected chi connectivity index (χ0v) is 20.8. The van der Waals surface area contributed by atoms with Crippen molar-refractivity contribution < 1.29 is 36.2 Å². The molecule has 3 aromatic carbocycles. The molecule has 0 radical (unpaired) electrons. The maximum atomic E-state index is 13.4. The van der Waals surface area contributed by atoms with Crippen LogP contribution in [-0.2, 0) is 20.9 Å². The van der Waals surface area contributed by atoms with E-state index in [0.29, 0.717) is 17.1 Å². The molecule has 2 aliphatic rings. The molecule has 0 bridgehead atoms. The van der Waals surface area contributed by atoms with Crippen molar-refractivity contribution in [3.63, 3.8) is 0 Å². The van der Waals surface area contributed by atoms with Crippen molar-refractivity contribution in [3.8, 4) is 11.5 Å². The summed E-state index contributed by atoms with van der Waals surface area (Å²) in [5.41, 5.74) is 1.69. The van der Waals surface area contributed by atoms with Crippen LogP contribution in [-0.4, -0.2) is 44.9 Å². The molecule has 2 heterocycles. The first-order valence-electron chi connectivity index (χ1n) is 11.6. The third-order valence-corrected chi connectivity index (χ3v) is 8.01. The molecule has 0 saturated carbocycles. The highest BCUT2D eigenvalue weighted by molar-refractivity contribution is 7.89. The van der Waals surface area contributed by atoms with Crippen LogP contribution in [0, 0.1) is 13.8 Å². The number of nitrogens with one attached hydrogen (secondary N) is 1. The van der Waals surface area contributed by atoms with Crippen LogP contribution in [0.15, 0.2) is 65.6 Å². The van der Waals surface area contributed by atoms with Gasteiger partial charge in [-0.05, 0) is 61.9 Å². The minimum absolute atomic E-state index is 0.0116. The standard InChI is InChI=1S/C26H25F3N2O5S/c1-15-3-7-18(8-4-15)37(33,34)30-19-13-35-14-22(25(19)32)31-20-9-5-16(2)11-23(20)36-24-12-17(26(27,28)29)6-10-21(24)31/h3-12,19,22,25,30,32H,13-14H2,1-2H3/t19-,22+,25+/m1/s1. The molecular weight excluding hydrogens is 509 g/mol. The predicted octanol–water partition coefficient (Wildman–Crippen LogP) is 4.67. The van der Waals surface area contributed by atoms with Crippen molar-refractivity contribution in [2.24, 2.45) is 0 Å². The summed E-state index contributed by atoms with van der Waals surface area (Å²) in [6, 6.07) is 12.9. The summed E-state index contributed by atoms with van der Waals surface area (Å²) < 4.78 is 80.3. The normalized spacial score (nSPS) is 21.7. The summed E-state index contributed by atoms with van der Waals surface area (Å²) in [7, 11) is -3.97. The lowest BCUT2D eigenvalue weighted by Crippen LogP contribution is -2.60. The van der Waals surface area contributed by atoms with Gasteiger partial charge in [-0.15, -0.1) is 0 Å². The number of hydrogen-bond donors (Lipinski definition) is 2. The van der Waals surface area contributed by atoms with Gasteiger partial charge in [0.05, 0.1) is 53.2 Å². The Morgan fingerprint density at radius 1 is 0.919 bits per heavy atom. The maximum absolute atomic E-state index is 13.4. The largest absolute Gasteiger partial charge is 0.453 e. The highest BCUT2D eigenvalue weighted by Crippen LogP contribution is 2.50. The summed E-state index contributed by atoms with van der Waals surface area (Å²) in [6.07, 6.45) is -5.82. The van der Waals surface area contributed by atoms with Crippen LogP contribution in [0.1, 0.15) is 16.7 Å². The highest BCUT2D eigenvalue weighted by Gasteiger charge is 2.42. The second-order valence-electron chi connectivity index (χ2n) is 9.26. The van der Waals surface area contributed by atoms with E-state index in [1.807, 2.05) is 19.9 Å². The van der Waals surface area contributed by atoms with Crippen LogP contribution in [0.2, 0.25) is 0 Å². The van der Waals surface area contributed by atoms with Gasteiger partial charge in [0.2, 0.25) is 10.0 Å². The van der Waals surface area contributed by atoms with Crippen molar-refractivity contribution >= 4 is 21.4 Å². The molecule has 0 spiro atoms. The Labute approximate surface area is 212 Å². The SMILES string of the molecule is Cc1ccc(S(=O)(=O)N[C@@H]2COC[C@H](N3c4ccc(C)cc4Oc4cc(C(F)(F)F)ccc43)[C@H]2O)cc1. The molecule has 37 heavy (non-hydrogen) atoms. The molecule has 0 unspecified atom stereocenters. The zero-order chi connectivity index (χ0) is 26.5. The van der Waals surface area contributed by atoms with E-state index in [2.05, 4.69) is 4.72 Å². The number of alkyl halides is 3. The molecule has 1 saturated heterocycles. The zero-order valence-electron chi connectivity index (χ0n) is 20.0. The summed E-state index contributed by atoms with van der Waals surface area (Å²) in [6.45, 7) is 3.60. The lowest BCUT2D eigenvalue weighted by atomic mass is 9.97. The lowest BCUT2D eigenvalue weighted by Gasteiger charge is -2.44. The molecule has 0 amide bonds. The Bertz CT molecular complexity index is 1430. The van der Waals surface area contributed by atoms with Crippen LogP contribution < -0.4 is 14.4 Å². The Balaban J connectivity index is 1.51. The molecule has 3 atom stereocenters. The van der Waals surface area contributed by atoms with Gasteiger partial charge < -0.3 is 19.5 Å². The highest BCUT2D eigenvalue weighted by atomic mass is 32.2. The number of sulfonamides is 1. The first-order valence-corrected chi connectivity index (χ1v) is 13.1. The summed E-state index contributed by atoms with van der Waals surface area (Å²) in [5.74, 6) is 0.295. The number of anilines is 2. The first kappa shape index (κ1) is 25.5. The molecule has 196 valence electrons. The lowest BCUT2D eigenvalue weighted by molar-refractivity contribution is -0.137. The number of aliphatic hydroxyl groups excluding tert-OH is 1. The molecule has 3 aromatic rings. The Morgan fingerprint density at radius 2 is 1.54 bits per heavy atom. The van der Waals surface area contributed by atoms with E-state index in [4.69, 9.17) is 9.47 Å². The van der Waals surface area contributed by atoms with Crippen LogP contribution >= 0.6 is 0 Å². The minimum Gasteiger partial charge on any atom is -0.453 e. The smallest absolute Gasteiger partial charge is 0.416 e. The number of benzene rings is 3. The van der Waals surface area contributed by atoms with Crippen LogP contribution in [0.25, 0.3) is 0 Å². The van der Waals surface area contributed by atoms with Crippen molar-refractivity contribution in [2.75, 3.05) is 18.1 Å². The molecule has 0 aromatic heterocycles. The average molecular weight is 535 g/mol. The number of nitrogens with zero attached hydrogens (tertiary/aromatic N) is 1. The van der Waals surface area contributed by atoms with Crippen molar-refractivity contribution in [1.29, 1.82) is 0 Å². The number of rotatable bonds is 4. The molecule has 7 nitrogen and oxygen atoms in total. The maximum Gasteiger partial charge on any atom is 0.416 e. The molecular formula is C26H25F3N2O5S. The summed E-state index contributed by atoms with van der Waals surface area (Å²) in [4.78, 5) is 1.70. The van der Waals surface area contributed by atoms with Gasteiger partial charge in [0.1, 0.15) is 0 Å². The number of hydrogen-bond acceptors (Lipinski definition) is 6. The average Bonchev–Trinajstić information content (AvgIpc) is 2.83. The number of halogens is 3. The van der Waals surface area contributed by atoms with Crippen LogP contribution in [0.5, 0.6) is 11.5 Å². The molecule has 1 fully saturated rings. The number of ether oxygens (including phenoxy) is 2. The van der Waals surface area contributed by atoms with Gasteiger partial charge in [0.15, 0.2) is 11.5 Å². The number of aliphatic hydroxyl groups is 1. The molecule has 2 N–H and O–H groups in total. The third kappa shape index (κ3) is 4.91. The van der Waals surface area contributed by atoms with E-state index in [0.717, 1.165) is 23.3 Å². The topological polar surface area (TPSA) is 88.1 Å². The first-order chi connectivity index (χ1) is 17.4. The van der Waals surface area contributed by atoms with E-state index in [1.165, 1.54) is 18.2 Å². The van der Waals surface area contributed by atoms with E-state index >= 15 is 0 Å². The van der Waals surface area contributed by atoms with E-state index < -0.39 is 40.0 Å². The molecule has 0 aliphatic carbocycles. The fourth-order valence-electron chi connectivity index (χ4n) is 4.58. The van der Waals surface area contributed by atoms with Gasteiger partial charge >= 0.3 is 6.18 Å². The number of aryl methyl sites for hydroxylation is 2. The van der Waals surface area contributed by atoms with Crippen LogP contribution in [0.4, 0.5) is 24.5 Å². The monoisotopic (exact) mass is 534 g/mol. The van der Waals surface area contributed by atoms with Crippen LogP contribution in [0.3, 0.4) is 0 Å². The quantitative estimate of drug-likeness (QED) is 0.506. The molecule has 2 aliphatic heterocycles. The minimum atomic E-state index is -4.57. The van der Waals surface area contributed by atoms with Gasteiger partial charge in [-0.2, -0.15) is 13.2 Å². The van der Waals surface area contributed by atoms with Gasteiger partial charge in [-0.25, -0.2) is 13.1 Å². The van der Waals surface area contributed by atoms with Crippen molar-refractivity contribution in [2.45, 2.75) is 43.1 Å². The van der Waals surface area contributed by atoms with Gasteiger partial charge in [0.25, 0.3) is 0 Å². The second kappa shape index (κ2) is 9.32. The van der Waals surface area contributed by atoms with Gasteiger partial charge in [-0.1, -0.05) is 23.8 Å². The van der Waals surface area contributed by atoms with Crippen molar-refractivity contribution in [1.82, 2.24) is 4.72 Å². The predicted molar refractivity (Wildman–Crippen MR) is 131 cm³/mol. The van der Waals surface area contributed by atoms with Gasteiger partial charge in [-0.3, -0.25) is 0 Å². The number of fused-ring (bicyclic) bond motifs is 2. The fraction of sp³-hybridized carbons (Fsp3) is 0.308. The second-order valence-corrected chi connectivity index (χ2v) is 11.0. The summed E-state index contributed by atoms with van der Waals surface area (Å²) >= 11 is 0. The van der Waals surface area contributed by atoms with E-state index in [-0.39, 0.29) is 23.9 Å². The Morgan fingerprint density at radius 3 is 2.22 bits per heavy atom. The fourth-order valence-corrected chi connectivity index (χ4v) is 5.81. The van der Waals surface area contributed by atoms with Crippen molar-refractivity contribution in [3.05, 3.63) is 77.4 Å².